The van der Waals surface area contributed by atoms with E-state index in [-0.39, 0.29) is 23.2 Å². The van der Waals surface area contributed by atoms with E-state index in [1.165, 1.54) is 18.2 Å². The minimum atomic E-state index is -0.521. The molecule has 0 aliphatic heterocycles. The minimum absolute atomic E-state index is 0.104. The third-order valence-electron chi connectivity index (χ3n) is 4.81. The molecule has 0 radical (unpaired) electrons. The Balaban J connectivity index is 1.32. The maximum atomic E-state index is 12.5. The van der Waals surface area contributed by atoms with Gasteiger partial charge in [0.2, 0.25) is 0 Å². The Morgan fingerprint density at radius 1 is 1.03 bits per heavy atom. The number of nitrogens with one attached hydrogen (secondary N) is 1. The topological polar surface area (TPSA) is 99.3 Å². The Hall–Kier alpha value is -4.17. The van der Waals surface area contributed by atoms with E-state index in [1.54, 1.807) is 35.0 Å². The Morgan fingerprint density at radius 3 is 2.48 bits per heavy atom. The fraction of sp³-hybridized carbons (Fsp3) is 0.0833. The number of ether oxygens (including phenoxy) is 1. The van der Waals surface area contributed by atoms with E-state index in [9.17, 15) is 14.9 Å². The monoisotopic (exact) mass is 462 g/mol. The van der Waals surface area contributed by atoms with Crippen LogP contribution in [0.25, 0.3) is 0 Å². The number of hydrogen-bond donors (Lipinski definition) is 1. The summed E-state index contributed by atoms with van der Waals surface area (Å²) in [6, 6.07) is 22.6. The minimum Gasteiger partial charge on any atom is -0.487 e. The lowest BCUT2D eigenvalue weighted by Gasteiger charge is -2.09. The lowest BCUT2D eigenvalue weighted by atomic mass is 10.1. The largest absolute Gasteiger partial charge is 0.487 e. The lowest BCUT2D eigenvalue weighted by molar-refractivity contribution is -0.384. The highest BCUT2D eigenvalue weighted by Crippen LogP contribution is 2.29. The summed E-state index contributed by atoms with van der Waals surface area (Å²) in [5.41, 5.74) is 2.30. The number of nitro benzene ring substituents is 1. The lowest BCUT2D eigenvalue weighted by Crippen LogP contribution is -2.13. The zero-order valence-electron chi connectivity index (χ0n) is 17.3. The summed E-state index contributed by atoms with van der Waals surface area (Å²) < 4.78 is 7.40. The van der Waals surface area contributed by atoms with E-state index in [0.29, 0.717) is 23.7 Å². The van der Waals surface area contributed by atoms with Crippen molar-refractivity contribution < 1.29 is 14.5 Å². The molecule has 0 atom stereocenters. The highest BCUT2D eigenvalue weighted by Gasteiger charge is 2.11. The van der Waals surface area contributed by atoms with Gasteiger partial charge in [0.1, 0.15) is 12.4 Å². The molecule has 0 unspecified atom stereocenters. The van der Waals surface area contributed by atoms with Gasteiger partial charge in [0.25, 0.3) is 11.6 Å². The summed E-state index contributed by atoms with van der Waals surface area (Å²) in [4.78, 5) is 22.8. The maximum Gasteiger partial charge on any atom is 0.271 e. The van der Waals surface area contributed by atoms with Gasteiger partial charge in [-0.1, -0.05) is 54.1 Å². The fourth-order valence-electron chi connectivity index (χ4n) is 3.11. The number of hydrogen-bond acceptors (Lipinski definition) is 5. The standard InChI is InChI=1S/C24H19ClN4O4/c25-21-14-20(29(31)32)10-11-22(21)33-16-18-6-8-19(9-7-18)24(30)26-23-12-13-28(27-23)15-17-4-2-1-3-5-17/h1-14H,15-16H2,(H,26,27,30). The van der Waals surface area contributed by atoms with Crippen LogP contribution in [-0.4, -0.2) is 20.6 Å². The number of amides is 1. The van der Waals surface area contributed by atoms with Gasteiger partial charge in [-0.3, -0.25) is 19.6 Å². The zero-order chi connectivity index (χ0) is 23.2. The summed E-state index contributed by atoms with van der Waals surface area (Å²) in [5.74, 6) is 0.539. The molecule has 0 aliphatic rings. The molecule has 1 aromatic heterocycles. The number of aromatic nitrogens is 2. The third-order valence-corrected chi connectivity index (χ3v) is 5.10. The van der Waals surface area contributed by atoms with Gasteiger partial charge in [-0.05, 0) is 29.3 Å². The molecule has 0 saturated heterocycles. The molecule has 9 heteroatoms. The van der Waals surface area contributed by atoms with E-state index in [0.717, 1.165) is 11.1 Å². The van der Waals surface area contributed by atoms with Crippen LogP contribution in [0.2, 0.25) is 5.02 Å². The van der Waals surface area contributed by atoms with Crippen LogP contribution < -0.4 is 10.1 Å². The molecule has 0 bridgehead atoms. The van der Waals surface area contributed by atoms with Crippen molar-refractivity contribution in [1.82, 2.24) is 9.78 Å². The molecular weight excluding hydrogens is 444 g/mol. The molecule has 166 valence electrons. The van der Waals surface area contributed by atoms with Crippen LogP contribution in [0.5, 0.6) is 5.75 Å². The van der Waals surface area contributed by atoms with Gasteiger partial charge in [0, 0.05) is 30.0 Å². The van der Waals surface area contributed by atoms with Gasteiger partial charge in [0.05, 0.1) is 16.5 Å². The Bertz CT molecular complexity index is 1270. The van der Waals surface area contributed by atoms with Gasteiger partial charge in [-0.15, -0.1) is 0 Å². The molecule has 3 aromatic carbocycles. The summed E-state index contributed by atoms with van der Waals surface area (Å²) >= 11 is 6.04. The van der Waals surface area contributed by atoms with Crippen LogP contribution in [-0.2, 0) is 13.2 Å². The third kappa shape index (κ3) is 5.75. The predicted molar refractivity (Wildman–Crippen MR) is 125 cm³/mol. The van der Waals surface area contributed by atoms with Crippen molar-refractivity contribution >= 4 is 29.0 Å². The number of non-ortho nitro benzene ring substituents is 1. The SMILES string of the molecule is O=C(Nc1ccn(Cc2ccccc2)n1)c1ccc(COc2ccc([N+](=O)[O-])cc2Cl)cc1. The van der Waals surface area contributed by atoms with Crippen molar-refractivity contribution in [2.75, 3.05) is 5.32 Å². The number of anilines is 1. The van der Waals surface area contributed by atoms with Gasteiger partial charge in [0.15, 0.2) is 5.82 Å². The maximum absolute atomic E-state index is 12.5. The van der Waals surface area contributed by atoms with Crippen LogP contribution in [0.3, 0.4) is 0 Å². The normalized spacial score (nSPS) is 10.6. The molecule has 0 aliphatic carbocycles. The van der Waals surface area contributed by atoms with E-state index >= 15 is 0 Å². The van der Waals surface area contributed by atoms with Crippen molar-refractivity contribution in [3.63, 3.8) is 0 Å². The second-order valence-electron chi connectivity index (χ2n) is 7.20. The molecule has 1 amide bonds. The van der Waals surface area contributed by atoms with Crippen molar-refractivity contribution in [2.24, 2.45) is 0 Å². The van der Waals surface area contributed by atoms with E-state index in [2.05, 4.69) is 10.4 Å². The van der Waals surface area contributed by atoms with E-state index < -0.39 is 4.92 Å². The first-order valence-electron chi connectivity index (χ1n) is 10.0. The molecule has 0 spiro atoms. The molecule has 0 fully saturated rings. The molecule has 4 aromatic rings. The molecule has 0 saturated carbocycles. The Kier molecular flexibility index (Phi) is 6.66. The average molecular weight is 463 g/mol. The summed E-state index contributed by atoms with van der Waals surface area (Å²) in [7, 11) is 0. The van der Waals surface area contributed by atoms with Crippen LogP contribution >= 0.6 is 11.6 Å². The fourth-order valence-corrected chi connectivity index (χ4v) is 3.34. The Labute approximate surface area is 194 Å². The van der Waals surface area contributed by atoms with Crippen molar-refractivity contribution in [3.8, 4) is 5.75 Å². The second kappa shape index (κ2) is 9.97. The number of rotatable bonds is 8. The summed E-state index contributed by atoms with van der Waals surface area (Å²) in [6.07, 6.45) is 1.81. The van der Waals surface area contributed by atoms with Crippen LogP contribution in [0, 0.1) is 10.1 Å². The molecular formula is C24H19ClN4O4. The molecule has 33 heavy (non-hydrogen) atoms. The molecule has 8 nitrogen and oxygen atoms in total. The molecule has 1 heterocycles. The average Bonchev–Trinajstić information content (AvgIpc) is 3.25. The highest BCUT2D eigenvalue weighted by molar-refractivity contribution is 6.32. The van der Waals surface area contributed by atoms with E-state index in [4.69, 9.17) is 16.3 Å². The number of carbonyl (C=O) groups excluding carboxylic acids is 1. The first kappa shape index (κ1) is 22.0. The van der Waals surface area contributed by atoms with Crippen molar-refractivity contribution in [3.05, 3.63) is 117 Å². The summed E-state index contributed by atoms with van der Waals surface area (Å²) in [5, 5.41) is 18.1. The van der Waals surface area contributed by atoms with Crippen molar-refractivity contribution in [1.29, 1.82) is 0 Å². The number of nitrogens with zero attached hydrogens (tertiary/aromatic N) is 3. The smallest absolute Gasteiger partial charge is 0.271 e. The zero-order valence-corrected chi connectivity index (χ0v) is 18.1. The highest BCUT2D eigenvalue weighted by atomic mass is 35.5. The van der Waals surface area contributed by atoms with Crippen molar-refractivity contribution in [2.45, 2.75) is 13.2 Å². The van der Waals surface area contributed by atoms with Gasteiger partial charge >= 0.3 is 0 Å². The van der Waals surface area contributed by atoms with E-state index in [1.807, 2.05) is 36.5 Å². The summed E-state index contributed by atoms with van der Waals surface area (Å²) in [6.45, 7) is 0.813. The quantitative estimate of drug-likeness (QED) is 0.282. The van der Waals surface area contributed by atoms with Crippen LogP contribution in [0.4, 0.5) is 11.5 Å². The van der Waals surface area contributed by atoms with Crippen LogP contribution in [0.15, 0.2) is 85.1 Å². The van der Waals surface area contributed by atoms with Gasteiger partial charge < -0.3 is 10.1 Å². The van der Waals surface area contributed by atoms with Gasteiger partial charge in [-0.25, -0.2) is 0 Å². The van der Waals surface area contributed by atoms with Gasteiger partial charge in [-0.2, -0.15) is 5.10 Å². The molecule has 1 N–H and O–H groups in total. The molecule has 4 rings (SSSR count). The number of nitro groups is 1. The number of carbonyl (C=O) groups is 1. The Morgan fingerprint density at radius 2 is 1.79 bits per heavy atom. The van der Waals surface area contributed by atoms with Crippen LogP contribution in [0.1, 0.15) is 21.5 Å². The second-order valence-corrected chi connectivity index (χ2v) is 7.60. The first-order chi connectivity index (χ1) is 16.0. The number of halogens is 1. The number of benzene rings is 3. The first-order valence-corrected chi connectivity index (χ1v) is 10.4. The predicted octanol–water partition coefficient (Wildman–Crippen LogP) is 5.32.